The molecule has 0 radical (unpaired) electrons. The molecule has 1 fully saturated rings. The highest BCUT2D eigenvalue weighted by Crippen LogP contribution is 2.28. The van der Waals surface area contributed by atoms with E-state index in [1.807, 2.05) is 47.0 Å². The van der Waals surface area contributed by atoms with Crippen LogP contribution in [-0.4, -0.2) is 78.6 Å². The van der Waals surface area contributed by atoms with Crippen molar-refractivity contribution in [3.63, 3.8) is 0 Å². The van der Waals surface area contributed by atoms with Gasteiger partial charge >= 0.3 is 0 Å². The molecule has 9 nitrogen and oxygen atoms in total. The van der Waals surface area contributed by atoms with Gasteiger partial charge in [0.1, 0.15) is 5.82 Å². The number of aliphatic imine (C=N–C) groups is 1. The maximum Gasteiger partial charge on any atom is 0.289 e. The lowest BCUT2D eigenvalue weighted by atomic mass is 9.90. The highest BCUT2D eigenvalue weighted by atomic mass is 16.5. The van der Waals surface area contributed by atoms with Gasteiger partial charge in [-0.1, -0.05) is 24.5 Å². The van der Waals surface area contributed by atoms with Crippen LogP contribution in [0.3, 0.4) is 0 Å². The Labute approximate surface area is 208 Å². The number of nitrogens with zero attached hydrogens (tertiary/aromatic N) is 4. The Bertz CT molecular complexity index is 1050. The van der Waals surface area contributed by atoms with E-state index in [1.165, 1.54) is 0 Å². The molecule has 1 heterocycles. The third-order valence-electron chi connectivity index (χ3n) is 6.48. The van der Waals surface area contributed by atoms with E-state index in [0.717, 1.165) is 55.1 Å². The van der Waals surface area contributed by atoms with Crippen LogP contribution in [0.1, 0.15) is 62.1 Å². The van der Waals surface area contributed by atoms with Crippen molar-refractivity contribution in [1.82, 2.24) is 20.2 Å². The van der Waals surface area contributed by atoms with E-state index in [1.54, 1.807) is 7.11 Å². The standard InChI is InChI=1S/C26H41N7O2/c1-17-11-12-19-18(15-17)23(32-24(30-19)25(34)28-16-26(2,3)35-6)31-21-10-8-7-9-20(21)29-22(27)13-14-33(4)5/h11-12,15,20-21H,7-10,13-14,16H2,1-6H3,(H2,27,29)(H,28,34)(H,30,31,32)/t20-,21+/m1/s1. The Morgan fingerprint density at radius 2 is 2.00 bits per heavy atom. The summed E-state index contributed by atoms with van der Waals surface area (Å²) in [6.45, 7) is 7.09. The van der Waals surface area contributed by atoms with Crippen molar-refractivity contribution in [2.45, 2.75) is 70.6 Å². The lowest BCUT2D eigenvalue weighted by Gasteiger charge is -2.31. The molecule has 1 aliphatic rings. The molecular weight excluding hydrogens is 442 g/mol. The number of nitrogens with one attached hydrogen (secondary N) is 2. The number of methoxy groups -OCH3 is 1. The van der Waals surface area contributed by atoms with Crippen LogP contribution >= 0.6 is 0 Å². The molecule has 1 aromatic carbocycles. The topological polar surface area (TPSA) is 118 Å². The second-order valence-electron chi connectivity index (χ2n) is 10.3. The summed E-state index contributed by atoms with van der Waals surface area (Å²) in [5.74, 6) is 1.15. The molecule has 0 saturated heterocycles. The van der Waals surface area contributed by atoms with Crippen molar-refractivity contribution in [1.29, 1.82) is 0 Å². The molecule has 0 unspecified atom stereocenters. The smallest absolute Gasteiger partial charge is 0.289 e. The van der Waals surface area contributed by atoms with Crippen LogP contribution in [0.15, 0.2) is 23.2 Å². The van der Waals surface area contributed by atoms with Gasteiger partial charge in [-0.25, -0.2) is 9.97 Å². The summed E-state index contributed by atoms with van der Waals surface area (Å²) in [5.41, 5.74) is 7.62. The molecule has 2 aromatic rings. The summed E-state index contributed by atoms with van der Waals surface area (Å²) < 4.78 is 5.41. The number of ether oxygens (including phenoxy) is 1. The Morgan fingerprint density at radius 3 is 2.71 bits per heavy atom. The van der Waals surface area contributed by atoms with Gasteiger partial charge in [0.25, 0.3) is 5.91 Å². The Morgan fingerprint density at radius 1 is 1.26 bits per heavy atom. The predicted molar refractivity (Wildman–Crippen MR) is 142 cm³/mol. The summed E-state index contributed by atoms with van der Waals surface area (Å²) in [7, 11) is 5.69. The molecule has 2 atom stereocenters. The third kappa shape index (κ3) is 7.60. The zero-order valence-corrected chi connectivity index (χ0v) is 22.0. The van der Waals surface area contributed by atoms with Crippen LogP contribution in [0, 0.1) is 6.92 Å². The van der Waals surface area contributed by atoms with E-state index in [0.29, 0.717) is 18.2 Å². The number of nitrogens with two attached hydrogens (primary N) is 1. The highest BCUT2D eigenvalue weighted by molar-refractivity contribution is 5.96. The van der Waals surface area contributed by atoms with Crippen LogP contribution in [0.25, 0.3) is 10.9 Å². The normalized spacial score (nSPS) is 19.2. The minimum atomic E-state index is -0.482. The average Bonchev–Trinajstić information content (AvgIpc) is 2.82. The Kier molecular flexibility index (Phi) is 9.02. The molecular formula is C26H41N7O2. The minimum absolute atomic E-state index is 0.0699. The number of fused-ring (bicyclic) bond motifs is 1. The maximum atomic E-state index is 12.9. The van der Waals surface area contributed by atoms with Gasteiger partial charge in [0.2, 0.25) is 5.82 Å². The van der Waals surface area contributed by atoms with Crippen molar-refractivity contribution in [2.75, 3.05) is 39.6 Å². The molecule has 3 rings (SSSR count). The molecule has 0 aliphatic heterocycles. The molecule has 9 heteroatoms. The van der Waals surface area contributed by atoms with Crippen molar-refractivity contribution < 1.29 is 9.53 Å². The first-order valence-corrected chi connectivity index (χ1v) is 12.4. The molecule has 0 spiro atoms. The van der Waals surface area contributed by atoms with Gasteiger partial charge in [0, 0.05) is 38.0 Å². The first-order valence-electron chi connectivity index (χ1n) is 12.4. The second kappa shape index (κ2) is 11.8. The van der Waals surface area contributed by atoms with Gasteiger partial charge in [-0.3, -0.25) is 9.79 Å². The number of hydrogen-bond donors (Lipinski definition) is 3. The molecule has 1 aliphatic carbocycles. The van der Waals surface area contributed by atoms with Crippen LogP contribution in [0.2, 0.25) is 0 Å². The van der Waals surface area contributed by atoms with E-state index >= 15 is 0 Å². The van der Waals surface area contributed by atoms with Crippen molar-refractivity contribution in [3.8, 4) is 0 Å². The molecule has 0 bridgehead atoms. The number of aromatic nitrogens is 2. The van der Waals surface area contributed by atoms with E-state index < -0.39 is 5.60 Å². The first-order chi connectivity index (χ1) is 16.6. The lowest BCUT2D eigenvalue weighted by Crippen LogP contribution is -2.40. The number of amides is 1. The van der Waals surface area contributed by atoms with Crippen LogP contribution in [0.5, 0.6) is 0 Å². The summed E-state index contributed by atoms with van der Waals surface area (Å²) >= 11 is 0. The average molecular weight is 484 g/mol. The largest absolute Gasteiger partial charge is 0.387 e. The highest BCUT2D eigenvalue weighted by Gasteiger charge is 2.27. The fourth-order valence-corrected chi connectivity index (χ4v) is 4.12. The second-order valence-corrected chi connectivity index (χ2v) is 10.3. The van der Waals surface area contributed by atoms with Crippen molar-refractivity contribution >= 4 is 28.5 Å². The molecule has 192 valence electrons. The molecule has 1 aromatic heterocycles. The number of aryl methyl sites for hydroxylation is 1. The van der Waals surface area contributed by atoms with Crippen molar-refractivity contribution in [2.24, 2.45) is 10.7 Å². The van der Waals surface area contributed by atoms with Gasteiger partial charge in [-0.15, -0.1) is 0 Å². The summed E-state index contributed by atoms with van der Waals surface area (Å²) in [6.07, 6.45) is 4.93. The monoisotopic (exact) mass is 483 g/mol. The number of benzene rings is 1. The fourth-order valence-electron chi connectivity index (χ4n) is 4.12. The molecule has 35 heavy (non-hydrogen) atoms. The SMILES string of the molecule is COC(C)(C)CNC(=O)c1nc(N[C@H]2CCCC[C@H]2N=C(N)CCN(C)C)c2cc(C)ccc2n1. The van der Waals surface area contributed by atoms with Gasteiger partial charge in [0.15, 0.2) is 0 Å². The van der Waals surface area contributed by atoms with Gasteiger partial charge < -0.3 is 26.0 Å². The molecule has 1 amide bonds. The van der Waals surface area contributed by atoms with Gasteiger partial charge in [0.05, 0.1) is 23.0 Å². The summed E-state index contributed by atoms with van der Waals surface area (Å²) in [4.78, 5) is 29.1. The van der Waals surface area contributed by atoms with Crippen LogP contribution in [-0.2, 0) is 4.74 Å². The lowest BCUT2D eigenvalue weighted by molar-refractivity contribution is 0.0227. The minimum Gasteiger partial charge on any atom is -0.387 e. The zero-order chi connectivity index (χ0) is 25.6. The third-order valence-corrected chi connectivity index (χ3v) is 6.48. The number of rotatable bonds is 10. The van der Waals surface area contributed by atoms with E-state index in [4.69, 9.17) is 15.5 Å². The fraction of sp³-hybridized carbons (Fsp3) is 0.615. The summed E-state index contributed by atoms with van der Waals surface area (Å²) in [6, 6.07) is 6.14. The van der Waals surface area contributed by atoms with E-state index in [-0.39, 0.29) is 23.8 Å². The van der Waals surface area contributed by atoms with E-state index in [2.05, 4.69) is 31.6 Å². The van der Waals surface area contributed by atoms with Gasteiger partial charge in [-0.2, -0.15) is 0 Å². The summed E-state index contributed by atoms with van der Waals surface area (Å²) in [5, 5.41) is 7.41. The quantitative estimate of drug-likeness (QED) is 0.351. The Hall–Kier alpha value is -2.78. The number of carbonyl (C=O) groups is 1. The Balaban J connectivity index is 1.88. The first kappa shape index (κ1) is 26.8. The van der Waals surface area contributed by atoms with Crippen LogP contribution in [0.4, 0.5) is 5.82 Å². The molecule has 1 saturated carbocycles. The predicted octanol–water partition coefficient (Wildman–Crippen LogP) is 3.13. The number of hydrogen-bond acceptors (Lipinski definition) is 7. The van der Waals surface area contributed by atoms with Crippen LogP contribution < -0.4 is 16.4 Å². The zero-order valence-electron chi connectivity index (χ0n) is 22.0. The number of anilines is 1. The maximum absolute atomic E-state index is 12.9. The number of carbonyl (C=O) groups excluding carboxylic acids is 1. The van der Waals surface area contributed by atoms with E-state index in [9.17, 15) is 4.79 Å². The molecule has 4 N–H and O–H groups in total. The van der Waals surface area contributed by atoms with Crippen molar-refractivity contribution in [3.05, 3.63) is 29.6 Å². The number of amidine groups is 1. The van der Waals surface area contributed by atoms with Gasteiger partial charge in [-0.05, 0) is 59.8 Å².